The molecule has 1 saturated heterocycles. The second kappa shape index (κ2) is 18.3. The van der Waals surface area contributed by atoms with Crippen molar-refractivity contribution in [2.45, 2.75) is 74.9 Å². The maximum Gasteiger partial charge on any atom is 0.301 e. The molecule has 264 valence electrons. The zero-order valence-corrected chi connectivity index (χ0v) is 30.9. The number of aliphatic hydroxyl groups excluding tert-OH is 1. The van der Waals surface area contributed by atoms with Gasteiger partial charge in [-0.25, -0.2) is 0 Å². The van der Waals surface area contributed by atoms with Crippen LogP contribution in [-0.4, -0.2) is 47.3 Å². The first kappa shape index (κ1) is 37.2. The molecule has 2 heterocycles. The minimum atomic E-state index is -1.01. The van der Waals surface area contributed by atoms with E-state index in [-0.39, 0.29) is 16.5 Å². The van der Waals surface area contributed by atoms with E-state index in [1.54, 1.807) is 49.6 Å². The average molecular weight is 736 g/mol. The number of hydrogen-bond donors (Lipinski definition) is 1. The van der Waals surface area contributed by atoms with Gasteiger partial charge in [0, 0.05) is 16.3 Å². The van der Waals surface area contributed by atoms with E-state index >= 15 is 0 Å². The highest BCUT2D eigenvalue weighted by Gasteiger charge is 2.48. The molecule has 3 aromatic carbocycles. The van der Waals surface area contributed by atoms with E-state index in [1.807, 2.05) is 24.3 Å². The number of unbranched alkanes of at least 4 members (excludes halogenated alkanes) is 5. The fraction of sp³-hybridized carbons (Fsp3) is 0.368. The largest absolute Gasteiger partial charge is 0.507 e. The number of hydrogen-bond acceptors (Lipinski definition) is 10. The standard InChI is InChI=1S/C38H42ClN3O6S2/c1-4-6-8-9-12-22-48-30-20-17-26(23-31(30)46-3)33-32(34(43)25-15-18-28(19-16-25)47-21-7-5-2)35(44)36(45)42(33)37-40-41-38(50-37)49-24-27-13-10-11-14-29(27)39/h10-11,13-20,23,33,43H,4-9,12,21-22,24H2,1-3H3/t33-/m1/s1. The van der Waals surface area contributed by atoms with Crippen LogP contribution < -0.4 is 19.1 Å². The molecule has 50 heavy (non-hydrogen) atoms. The van der Waals surface area contributed by atoms with E-state index in [2.05, 4.69) is 24.0 Å². The third-order valence-electron chi connectivity index (χ3n) is 8.26. The van der Waals surface area contributed by atoms with Crippen LogP contribution >= 0.6 is 34.7 Å². The minimum Gasteiger partial charge on any atom is -0.507 e. The lowest BCUT2D eigenvalue weighted by molar-refractivity contribution is -0.132. The molecular formula is C38H42ClN3O6S2. The third kappa shape index (κ3) is 8.99. The molecule has 0 saturated carbocycles. The lowest BCUT2D eigenvalue weighted by Gasteiger charge is -2.23. The van der Waals surface area contributed by atoms with Crippen LogP contribution in [0.5, 0.6) is 17.2 Å². The van der Waals surface area contributed by atoms with Gasteiger partial charge < -0.3 is 19.3 Å². The van der Waals surface area contributed by atoms with Crippen molar-refractivity contribution in [3.05, 3.63) is 94.0 Å². The summed E-state index contributed by atoms with van der Waals surface area (Å²) < 4.78 is 18.2. The van der Waals surface area contributed by atoms with Crippen molar-refractivity contribution < 1.29 is 28.9 Å². The van der Waals surface area contributed by atoms with Crippen LogP contribution in [0, 0.1) is 0 Å². The molecule has 5 rings (SSSR count). The number of aromatic nitrogens is 2. The van der Waals surface area contributed by atoms with Crippen molar-refractivity contribution in [3.8, 4) is 17.2 Å². The fourth-order valence-electron chi connectivity index (χ4n) is 5.52. The molecule has 1 atom stereocenters. The molecule has 0 radical (unpaired) electrons. The highest BCUT2D eigenvalue weighted by atomic mass is 35.5. The SMILES string of the molecule is CCCCCCCOc1ccc([C@@H]2C(=C(O)c3ccc(OCCCC)cc3)C(=O)C(=O)N2c2nnc(SCc3ccccc3Cl)s2)cc1OC. The Bertz CT molecular complexity index is 1800. The summed E-state index contributed by atoms with van der Waals surface area (Å²) in [5.74, 6) is 0.240. The molecule has 0 aliphatic carbocycles. The van der Waals surface area contributed by atoms with E-state index in [4.69, 9.17) is 25.8 Å². The van der Waals surface area contributed by atoms with Gasteiger partial charge in [-0.2, -0.15) is 0 Å². The molecule has 1 amide bonds. The topological polar surface area (TPSA) is 111 Å². The number of anilines is 1. The van der Waals surface area contributed by atoms with Gasteiger partial charge >= 0.3 is 5.91 Å². The summed E-state index contributed by atoms with van der Waals surface area (Å²) in [5, 5.41) is 21.2. The van der Waals surface area contributed by atoms with Gasteiger partial charge in [-0.15, -0.1) is 10.2 Å². The number of methoxy groups -OCH3 is 1. The van der Waals surface area contributed by atoms with Crippen LogP contribution in [0.2, 0.25) is 5.02 Å². The number of thioether (sulfide) groups is 1. The van der Waals surface area contributed by atoms with Crippen LogP contribution in [0.15, 0.2) is 76.6 Å². The Labute approximate surface area is 306 Å². The molecule has 4 aromatic rings. The lowest BCUT2D eigenvalue weighted by atomic mass is 9.95. The summed E-state index contributed by atoms with van der Waals surface area (Å²) >= 11 is 8.97. The predicted octanol–water partition coefficient (Wildman–Crippen LogP) is 9.65. The Morgan fingerprint density at radius 3 is 2.38 bits per heavy atom. The van der Waals surface area contributed by atoms with Gasteiger partial charge in [-0.05, 0) is 66.4 Å². The zero-order valence-electron chi connectivity index (χ0n) is 28.5. The number of rotatable bonds is 18. The van der Waals surface area contributed by atoms with Gasteiger partial charge in [0.05, 0.1) is 31.9 Å². The summed E-state index contributed by atoms with van der Waals surface area (Å²) in [4.78, 5) is 28.9. The Kier molecular flexibility index (Phi) is 13.6. The molecule has 0 spiro atoms. The van der Waals surface area contributed by atoms with Crippen molar-refractivity contribution in [2.75, 3.05) is 25.2 Å². The maximum atomic E-state index is 13.8. The molecule has 12 heteroatoms. The van der Waals surface area contributed by atoms with Gasteiger partial charge in [0.1, 0.15) is 11.5 Å². The Morgan fingerprint density at radius 2 is 1.64 bits per heavy atom. The first-order chi connectivity index (χ1) is 24.4. The van der Waals surface area contributed by atoms with Crippen LogP contribution in [0.1, 0.15) is 81.5 Å². The molecule has 1 N–H and O–H groups in total. The van der Waals surface area contributed by atoms with Crippen LogP contribution in [0.4, 0.5) is 5.13 Å². The molecule has 9 nitrogen and oxygen atoms in total. The summed E-state index contributed by atoms with van der Waals surface area (Å²) in [6.07, 6.45) is 7.45. The second-order valence-corrected chi connectivity index (χ2v) is 14.4. The molecule has 1 aliphatic rings. The predicted molar refractivity (Wildman–Crippen MR) is 200 cm³/mol. The van der Waals surface area contributed by atoms with Gasteiger partial charge in [0.2, 0.25) is 5.13 Å². The van der Waals surface area contributed by atoms with E-state index in [9.17, 15) is 14.7 Å². The van der Waals surface area contributed by atoms with Gasteiger partial charge in [0.15, 0.2) is 15.8 Å². The number of halogens is 1. The van der Waals surface area contributed by atoms with Crippen LogP contribution in [-0.2, 0) is 15.3 Å². The number of carbonyl (C=O) groups is 2. The summed E-state index contributed by atoms with van der Waals surface area (Å²) in [6, 6.07) is 18.6. The van der Waals surface area contributed by atoms with Crippen LogP contribution in [0.25, 0.3) is 5.76 Å². The summed E-state index contributed by atoms with van der Waals surface area (Å²) in [7, 11) is 1.54. The third-order valence-corrected chi connectivity index (χ3v) is 10.7. The Balaban J connectivity index is 1.48. The number of benzene rings is 3. The molecule has 0 unspecified atom stereocenters. The number of aliphatic hydroxyl groups is 1. The number of amides is 1. The monoisotopic (exact) mass is 735 g/mol. The number of nitrogens with zero attached hydrogens (tertiary/aromatic N) is 3. The first-order valence-corrected chi connectivity index (χ1v) is 19.1. The van der Waals surface area contributed by atoms with E-state index in [1.165, 1.54) is 40.8 Å². The minimum absolute atomic E-state index is 0.0678. The lowest BCUT2D eigenvalue weighted by Crippen LogP contribution is -2.29. The summed E-state index contributed by atoms with van der Waals surface area (Å²) in [5.41, 5.74) is 1.78. The first-order valence-electron chi connectivity index (χ1n) is 16.9. The quantitative estimate of drug-likeness (QED) is 0.0267. The number of carbonyl (C=O) groups excluding carboxylic acids is 2. The maximum absolute atomic E-state index is 13.8. The Hall–Kier alpha value is -4.06. The second-order valence-electron chi connectivity index (χ2n) is 11.8. The van der Waals surface area contributed by atoms with Crippen LogP contribution in [0.3, 0.4) is 0 Å². The van der Waals surface area contributed by atoms with Crippen molar-refractivity contribution in [1.29, 1.82) is 0 Å². The van der Waals surface area contributed by atoms with Crippen molar-refractivity contribution in [1.82, 2.24) is 10.2 Å². The number of ketones is 1. The van der Waals surface area contributed by atoms with E-state index in [0.29, 0.717) is 56.7 Å². The summed E-state index contributed by atoms with van der Waals surface area (Å²) in [6.45, 7) is 5.38. The van der Waals surface area contributed by atoms with Gasteiger partial charge in [-0.3, -0.25) is 14.5 Å². The van der Waals surface area contributed by atoms with E-state index in [0.717, 1.165) is 37.7 Å². The van der Waals surface area contributed by atoms with Gasteiger partial charge in [-0.1, -0.05) is 105 Å². The van der Waals surface area contributed by atoms with Crippen molar-refractivity contribution in [2.24, 2.45) is 0 Å². The van der Waals surface area contributed by atoms with E-state index < -0.39 is 17.7 Å². The van der Waals surface area contributed by atoms with Crippen molar-refractivity contribution in [3.63, 3.8) is 0 Å². The molecule has 0 bridgehead atoms. The Morgan fingerprint density at radius 1 is 0.900 bits per heavy atom. The fourth-order valence-corrected chi connectivity index (χ4v) is 7.67. The molecule has 1 fully saturated rings. The molecular weight excluding hydrogens is 694 g/mol. The van der Waals surface area contributed by atoms with Gasteiger partial charge in [0.25, 0.3) is 5.78 Å². The normalized spacial score (nSPS) is 15.4. The number of ether oxygens (including phenoxy) is 3. The smallest absolute Gasteiger partial charge is 0.301 e. The highest BCUT2D eigenvalue weighted by Crippen LogP contribution is 2.46. The molecule has 1 aliphatic heterocycles. The average Bonchev–Trinajstić information content (AvgIpc) is 3.70. The molecule has 1 aromatic heterocycles. The number of Topliss-reactive ketones (excluding diaryl/α,β-unsaturated/α-hetero) is 1. The zero-order chi connectivity index (χ0) is 35.5. The van der Waals surface area contributed by atoms with Crippen molar-refractivity contribution >= 4 is 57.3 Å². The highest BCUT2D eigenvalue weighted by molar-refractivity contribution is 8.00.